The second-order valence-electron chi connectivity index (χ2n) is 14.3. The number of alkyl halides is 3. The van der Waals surface area contributed by atoms with Gasteiger partial charge in [0.25, 0.3) is 5.91 Å². The molecule has 0 spiro atoms. The van der Waals surface area contributed by atoms with Crippen molar-refractivity contribution >= 4 is 40.6 Å². The molecule has 1 saturated heterocycles. The molecule has 16 heteroatoms. The van der Waals surface area contributed by atoms with E-state index in [0.29, 0.717) is 29.9 Å². The van der Waals surface area contributed by atoms with Gasteiger partial charge in [0.15, 0.2) is 5.82 Å². The zero-order valence-electron chi connectivity index (χ0n) is 29.6. The summed E-state index contributed by atoms with van der Waals surface area (Å²) >= 11 is 7.25. The molecule has 0 aliphatic carbocycles. The molecule has 50 heavy (non-hydrogen) atoms. The van der Waals surface area contributed by atoms with Gasteiger partial charge in [-0.25, -0.2) is 19.5 Å². The SMILES string of the molecule is C=C/C(=N\C(=C)NCCCC1CN(C(=O)OC(C)(C)C)C(C)(C)C1)SNC(=O)c1ccc(-n2ccc(OCCC(C)(C)C(F)(F)F)n2)nc1Cl. The molecule has 0 aromatic carbocycles. The first-order chi connectivity index (χ1) is 23.1. The van der Waals surface area contributed by atoms with Gasteiger partial charge in [0.2, 0.25) is 5.88 Å². The summed E-state index contributed by atoms with van der Waals surface area (Å²) in [6.45, 7) is 20.7. The number of halogens is 4. The predicted molar refractivity (Wildman–Crippen MR) is 191 cm³/mol. The Morgan fingerprint density at radius 3 is 2.52 bits per heavy atom. The van der Waals surface area contributed by atoms with Gasteiger partial charge in [-0.1, -0.05) is 38.6 Å². The second-order valence-corrected chi connectivity index (χ2v) is 15.4. The number of nitrogens with zero attached hydrogens (tertiary/aromatic N) is 5. The maximum absolute atomic E-state index is 13.1. The Bertz CT molecular complexity index is 1570. The number of aromatic nitrogens is 3. The Balaban J connectivity index is 1.45. The lowest BCUT2D eigenvalue weighted by Crippen LogP contribution is -2.45. The van der Waals surface area contributed by atoms with E-state index in [1.54, 1.807) is 0 Å². The van der Waals surface area contributed by atoms with Gasteiger partial charge < -0.3 is 19.7 Å². The van der Waals surface area contributed by atoms with Crippen molar-refractivity contribution in [3.8, 4) is 11.7 Å². The van der Waals surface area contributed by atoms with Crippen LogP contribution in [0, 0.1) is 11.3 Å². The Labute approximate surface area is 301 Å². The summed E-state index contributed by atoms with van der Waals surface area (Å²) in [5.74, 6) is 0.626. The molecule has 3 rings (SSSR count). The lowest BCUT2D eigenvalue weighted by Gasteiger charge is -2.33. The quantitative estimate of drug-likeness (QED) is 0.0694. The third kappa shape index (κ3) is 11.7. The van der Waals surface area contributed by atoms with Crippen molar-refractivity contribution < 1.29 is 32.2 Å². The van der Waals surface area contributed by atoms with Gasteiger partial charge in [0.05, 0.1) is 17.6 Å². The highest BCUT2D eigenvalue weighted by Crippen LogP contribution is 2.40. The van der Waals surface area contributed by atoms with E-state index in [0.717, 1.165) is 45.1 Å². The number of hydrogen-bond acceptors (Lipinski definition) is 9. The molecule has 0 saturated carbocycles. The van der Waals surface area contributed by atoms with E-state index in [-0.39, 0.29) is 47.1 Å². The number of nitrogens with one attached hydrogen (secondary N) is 2. The van der Waals surface area contributed by atoms with Gasteiger partial charge in [-0.15, -0.1) is 5.10 Å². The van der Waals surface area contributed by atoms with Gasteiger partial charge in [-0.05, 0) is 84.4 Å². The van der Waals surface area contributed by atoms with Crippen molar-refractivity contribution in [1.29, 1.82) is 0 Å². The van der Waals surface area contributed by atoms with Crippen LogP contribution in [0.4, 0.5) is 18.0 Å². The molecule has 2 N–H and O–H groups in total. The number of likely N-dealkylation sites (tertiary alicyclic amines) is 1. The van der Waals surface area contributed by atoms with Crippen LogP contribution in [-0.2, 0) is 4.74 Å². The van der Waals surface area contributed by atoms with Crippen LogP contribution < -0.4 is 14.8 Å². The average Bonchev–Trinajstić information content (AvgIpc) is 3.59. The molecular formula is C34H47ClF3N7O4S. The fourth-order valence-electron chi connectivity index (χ4n) is 5.06. The maximum atomic E-state index is 13.1. The average molecular weight is 742 g/mol. The minimum atomic E-state index is -4.35. The van der Waals surface area contributed by atoms with E-state index < -0.39 is 23.1 Å². The summed E-state index contributed by atoms with van der Waals surface area (Å²) in [4.78, 5) is 36.0. The van der Waals surface area contributed by atoms with Gasteiger partial charge in [0.1, 0.15) is 21.6 Å². The van der Waals surface area contributed by atoms with E-state index in [1.807, 2.05) is 25.7 Å². The summed E-state index contributed by atoms with van der Waals surface area (Å²) in [7, 11) is 0. The number of rotatable bonds is 13. The summed E-state index contributed by atoms with van der Waals surface area (Å²) in [6.07, 6.45) is 0.773. The van der Waals surface area contributed by atoms with Crippen LogP contribution in [-0.4, -0.2) is 73.7 Å². The van der Waals surface area contributed by atoms with Crippen LogP contribution in [0.2, 0.25) is 5.15 Å². The van der Waals surface area contributed by atoms with E-state index in [9.17, 15) is 22.8 Å². The first kappa shape index (κ1) is 40.7. The van der Waals surface area contributed by atoms with E-state index in [1.165, 1.54) is 35.2 Å². The molecule has 2 amide bonds. The van der Waals surface area contributed by atoms with E-state index in [2.05, 4.69) is 52.1 Å². The first-order valence-corrected chi connectivity index (χ1v) is 17.3. The van der Waals surface area contributed by atoms with Crippen LogP contribution in [0.1, 0.15) is 84.5 Å². The van der Waals surface area contributed by atoms with Crippen LogP contribution in [0.15, 0.2) is 54.4 Å². The van der Waals surface area contributed by atoms with Crippen molar-refractivity contribution in [1.82, 2.24) is 29.7 Å². The number of ether oxygens (including phenoxy) is 2. The first-order valence-electron chi connectivity index (χ1n) is 16.2. The number of carbonyl (C=O) groups excluding carboxylic acids is 2. The molecule has 1 fully saturated rings. The Kier molecular flexibility index (Phi) is 13.5. The molecule has 1 atom stereocenters. The summed E-state index contributed by atoms with van der Waals surface area (Å²) in [5.41, 5.74) is -2.62. The number of hydrogen-bond donors (Lipinski definition) is 2. The van der Waals surface area contributed by atoms with E-state index in [4.69, 9.17) is 21.1 Å². The molecule has 1 aliphatic rings. The number of amides is 2. The molecule has 1 aliphatic heterocycles. The topological polar surface area (TPSA) is 123 Å². The van der Waals surface area contributed by atoms with Crippen molar-refractivity contribution in [3.63, 3.8) is 0 Å². The lowest BCUT2D eigenvalue weighted by atomic mass is 9.89. The zero-order valence-corrected chi connectivity index (χ0v) is 31.2. The monoisotopic (exact) mass is 741 g/mol. The Hall–Kier alpha value is -3.72. The van der Waals surface area contributed by atoms with Crippen LogP contribution in [0.3, 0.4) is 0 Å². The fraction of sp³-hybridized carbons (Fsp3) is 0.559. The Morgan fingerprint density at radius 1 is 1.20 bits per heavy atom. The second kappa shape index (κ2) is 16.5. The van der Waals surface area contributed by atoms with E-state index >= 15 is 0 Å². The summed E-state index contributed by atoms with van der Waals surface area (Å²) in [6, 6.07) is 4.48. The van der Waals surface area contributed by atoms with Crippen molar-refractivity contribution in [3.05, 3.63) is 60.2 Å². The number of carbonyl (C=O) groups is 2. The van der Waals surface area contributed by atoms with Crippen LogP contribution >= 0.6 is 23.5 Å². The van der Waals surface area contributed by atoms with Gasteiger partial charge in [-0.3, -0.25) is 9.52 Å². The summed E-state index contributed by atoms with van der Waals surface area (Å²) < 4.78 is 54.2. The Morgan fingerprint density at radius 2 is 1.90 bits per heavy atom. The molecule has 0 bridgehead atoms. The van der Waals surface area contributed by atoms with Crippen molar-refractivity contribution in [2.24, 2.45) is 16.3 Å². The van der Waals surface area contributed by atoms with Crippen LogP contribution in [0.5, 0.6) is 5.88 Å². The molecule has 1 unspecified atom stereocenters. The lowest BCUT2D eigenvalue weighted by molar-refractivity contribution is -0.215. The predicted octanol–water partition coefficient (Wildman–Crippen LogP) is 8.12. The normalized spacial score (nSPS) is 16.6. The number of pyridine rings is 1. The zero-order chi connectivity index (χ0) is 37.5. The fourth-order valence-corrected chi connectivity index (χ4v) is 5.85. The van der Waals surface area contributed by atoms with Gasteiger partial charge >= 0.3 is 12.3 Å². The van der Waals surface area contributed by atoms with Gasteiger partial charge in [0, 0.05) is 42.8 Å². The van der Waals surface area contributed by atoms with Crippen molar-refractivity contribution in [2.75, 3.05) is 19.7 Å². The molecule has 11 nitrogen and oxygen atoms in total. The van der Waals surface area contributed by atoms with Crippen molar-refractivity contribution in [2.45, 2.75) is 91.5 Å². The van der Waals surface area contributed by atoms with Gasteiger partial charge in [-0.2, -0.15) is 13.2 Å². The third-order valence-corrected chi connectivity index (χ3v) is 9.02. The molecule has 0 radical (unpaired) electrons. The van der Waals surface area contributed by atoms with Crippen LogP contribution in [0.25, 0.3) is 5.82 Å². The highest BCUT2D eigenvalue weighted by Gasteiger charge is 2.47. The smallest absolute Gasteiger partial charge is 0.410 e. The molecule has 3 heterocycles. The highest BCUT2D eigenvalue weighted by molar-refractivity contribution is 8.13. The minimum absolute atomic E-state index is 0.0893. The molecule has 2 aromatic rings. The highest BCUT2D eigenvalue weighted by atomic mass is 35.5. The third-order valence-electron chi connectivity index (χ3n) is 7.98. The largest absolute Gasteiger partial charge is 0.477 e. The molecule has 2 aromatic heterocycles. The standard InChI is InChI=1S/C34H47ClF3N7O4S/c1-10-27(40-22(2)39-17-11-12-23-20-33(8,9)44(21-23)30(47)49-31(3,4)5)50-43-29(46)24-13-14-25(41-28(24)35)45-18-15-26(42-45)48-19-16-32(6,7)34(36,37)38/h10,13-15,18,23,39H,1-2,11-12,16-17,19-21H2,3-9H3,(H,43,46)/b40-27+. The molecular weight excluding hydrogens is 695 g/mol. The number of aliphatic imine (C=N–C) groups is 1. The maximum Gasteiger partial charge on any atom is 0.410 e. The minimum Gasteiger partial charge on any atom is -0.477 e. The molecule has 276 valence electrons. The summed E-state index contributed by atoms with van der Waals surface area (Å²) in [5, 5.41) is 7.66.